The predicted octanol–water partition coefficient (Wildman–Crippen LogP) is 1.30. The van der Waals surface area contributed by atoms with Gasteiger partial charge in [0.25, 0.3) is 0 Å². The Labute approximate surface area is 55.1 Å². The van der Waals surface area contributed by atoms with Crippen molar-refractivity contribution in [1.82, 2.24) is 0 Å². The molecule has 0 rings (SSSR count). The molecule has 2 atom stereocenters. The minimum Gasteiger partial charge on any atom is -0.352 e. The van der Waals surface area contributed by atoms with Gasteiger partial charge < -0.3 is 4.74 Å². The van der Waals surface area contributed by atoms with E-state index < -0.39 is 14.5 Å². The molecule has 0 saturated carbocycles. The van der Waals surface area contributed by atoms with Crippen LogP contribution >= 0.6 is 8.25 Å². The summed E-state index contributed by atoms with van der Waals surface area (Å²) < 4.78 is 24.0. The Hall–Kier alpha value is -0.0200. The summed E-state index contributed by atoms with van der Waals surface area (Å²) in [4.78, 5) is 0. The standard InChI is InChI=1S/C4H10O4P/c1-4(6-2)8-9(5)7-3/h4H,1-3H3/q+1. The third kappa shape index (κ3) is 4.48. The first-order valence-corrected chi connectivity index (χ1v) is 3.51. The van der Waals surface area contributed by atoms with Crippen LogP contribution in [0.5, 0.6) is 0 Å². The van der Waals surface area contributed by atoms with Crippen LogP contribution in [0.1, 0.15) is 6.92 Å². The smallest absolute Gasteiger partial charge is 0.352 e. The second-order valence-electron chi connectivity index (χ2n) is 1.31. The maximum atomic E-state index is 10.4. The Balaban J connectivity index is 3.34. The molecular formula is C4H10O4P+. The first kappa shape index (κ1) is 8.98. The van der Waals surface area contributed by atoms with Gasteiger partial charge in [-0.3, -0.25) is 0 Å². The van der Waals surface area contributed by atoms with Gasteiger partial charge in [0, 0.05) is 11.7 Å². The number of rotatable bonds is 4. The molecule has 0 bridgehead atoms. The molecule has 0 radical (unpaired) electrons. The third-order valence-electron chi connectivity index (χ3n) is 0.716. The lowest BCUT2D eigenvalue weighted by Gasteiger charge is -1.97. The molecule has 9 heavy (non-hydrogen) atoms. The monoisotopic (exact) mass is 153 g/mol. The molecule has 0 fully saturated rings. The van der Waals surface area contributed by atoms with Gasteiger partial charge >= 0.3 is 8.25 Å². The zero-order chi connectivity index (χ0) is 7.28. The Bertz CT molecular complexity index is 94.6. The van der Waals surface area contributed by atoms with Crippen molar-refractivity contribution in [3.63, 3.8) is 0 Å². The Morgan fingerprint density at radius 2 is 2.00 bits per heavy atom. The summed E-state index contributed by atoms with van der Waals surface area (Å²) in [6.07, 6.45) is -0.478. The molecule has 4 nitrogen and oxygen atoms in total. The average Bonchev–Trinajstić information content (AvgIpc) is 1.87. The van der Waals surface area contributed by atoms with Crippen molar-refractivity contribution in [1.29, 1.82) is 0 Å². The van der Waals surface area contributed by atoms with Crippen molar-refractivity contribution in [2.24, 2.45) is 0 Å². The van der Waals surface area contributed by atoms with E-state index in [-0.39, 0.29) is 0 Å². The minimum atomic E-state index is -2.00. The quantitative estimate of drug-likeness (QED) is 0.451. The van der Waals surface area contributed by atoms with Crippen molar-refractivity contribution >= 4 is 8.25 Å². The average molecular weight is 153 g/mol. The minimum absolute atomic E-state index is 0.478. The molecule has 0 aliphatic carbocycles. The van der Waals surface area contributed by atoms with Gasteiger partial charge in [-0.25, -0.2) is 0 Å². The maximum Gasteiger partial charge on any atom is 0.699 e. The highest BCUT2D eigenvalue weighted by molar-refractivity contribution is 7.33. The normalized spacial score (nSPS) is 15.2. The van der Waals surface area contributed by atoms with E-state index in [0.717, 1.165) is 0 Å². The van der Waals surface area contributed by atoms with Crippen LogP contribution in [0.25, 0.3) is 0 Å². The molecule has 54 valence electrons. The lowest BCUT2D eigenvalue weighted by molar-refractivity contribution is -0.0408. The lowest BCUT2D eigenvalue weighted by atomic mass is 10.8. The topological polar surface area (TPSA) is 44.8 Å². The van der Waals surface area contributed by atoms with E-state index >= 15 is 0 Å². The number of hydrogen-bond donors (Lipinski definition) is 0. The number of hydrogen-bond acceptors (Lipinski definition) is 4. The maximum absolute atomic E-state index is 10.4. The third-order valence-corrected chi connectivity index (χ3v) is 1.48. The van der Waals surface area contributed by atoms with E-state index in [0.29, 0.717) is 0 Å². The summed E-state index contributed by atoms with van der Waals surface area (Å²) in [5.74, 6) is 0. The summed E-state index contributed by atoms with van der Waals surface area (Å²) in [7, 11) is 0.770. The van der Waals surface area contributed by atoms with Crippen molar-refractivity contribution in [3.8, 4) is 0 Å². The van der Waals surface area contributed by atoms with E-state index in [4.69, 9.17) is 0 Å². The Morgan fingerprint density at radius 1 is 1.44 bits per heavy atom. The van der Waals surface area contributed by atoms with E-state index in [1.165, 1.54) is 14.2 Å². The first-order valence-electron chi connectivity index (χ1n) is 2.41. The SMILES string of the molecule is COC(C)O[P+](=O)OC. The van der Waals surface area contributed by atoms with Gasteiger partial charge in [0.15, 0.2) is 0 Å². The van der Waals surface area contributed by atoms with Crippen LogP contribution in [0.2, 0.25) is 0 Å². The highest BCUT2D eigenvalue weighted by Gasteiger charge is 2.21. The molecule has 0 spiro atoms. The molecule has 0 heterocycles. The Kier molecular flexibility index (Phi) is 4.81. The van der Waals surface area contributed by atoms with E-state index in [9.17, 15) is 4.57 Å². The fourth-order valence-corrected chi connectivity index (χ4v) is 0.622. The molecular weight excluding hydrogens is 143 g/mol. The van der Waals surface area contributed by atoms with Gasteiger partial charge in [-0.15, -0.1) is 4.52 Å². The lowest BCUT2D eigenvalue weighted by Crippen LogP contribution is -2.04. The molecule has 0 aromatic rings. The summed E-state index contributed by atoms with van der Waals surface area (Å²) in [5.41, 5.74) is 0. The van der Waals surface area contributed by atoms with Gasteiger partial charge in [-0.1, -0.05) is 4.52 Å². The van der Waals surface area contributed by atoms with Crippen LogP contribution in [0.3, 0.4) is 0 Å². The Morgan fingerprint density at radius 3 is 2.33 bits per heavy atom. The second-order valence-corrected chi connectivity index (χ2v) is 2.34. The first-order chi connectivity index (χ1) is 4.20. The van der Waals surface area contributed by atoms with Gasteiger partial charge in [-0.2, -0.15) is 0 Å². The molecule has 0 saturated heterocycles. The van der Waals surface area contributed by atoms with Crippen molar-refractivity contribution < 1.29 is 18.3 Å². The molecule has 5 heteroatoms. The van der Waals surface area contributed by atoms with Gasteiger partial charge in [0.05, 0.1) is 7.11 Å². The largest absolute Gasteiger partial charge is 0.699 e. The molecule has 0 aliphatic rings. The van der Waals surface area contributed by atoms with Crippen LogP contribution in [-0.2, 0) is 18.3 Å². The highest BCUT2D eigenvalue weighted by atomic mass is 31.1. The van der Waals surface area contributed by atoms with Gasteiger partial charge in [-0.05, 0) is 6.92 Å². The van der Waals surface area contributed by atoms with Crippen molar-refractivity contribution in [2.75, 3.05) is 14.2 Å². The predicted molar refractivity (Wildman–Crippen MR) is 32.2 cm³/mol. The summed E-state index contributed by atoms with van der Waals surface area (Å²) in [5, 5.41) is 0. The molecule has 0 N–H and O–H groups in total. The molecule has 0 amide bonds. The second kappa shape index (κ2) is 4.82. The molecule has 2 unspecified atom stereocenters. The molecule has 0 aromatic heterocycles. The van der Waals surface area contributed by atoms with Gasteiger partial charge in [0.2, 0.25) is 6.29 Å². The van der Waals surface area contributed by atoms with Crippen molar-refractivity contribution in [2.45, 2.75) is 13.2 Å². The van der Waals surface area contributed by atoms with Crippen LogP contribution in [0.15, 0.2) is 0 Å². The van der Waals surface area contributed by atoms with Crippen molar-refractivity contribution in [3.05, 3.63) is 0 Å². The zero-order valence-electron chi connectivity index (χ0n) is 5.66. The van der Waals surface area contributed by atoms with Crippen LogP contribution < -0.4 is 0 Å². The van der Waals surface area contributed by atoms with Crippen LogP contribution in [-0.4, -0.2) is 20.5 Å². The number of ether oxygens (including phenoxy) is 1. The molecule has 0 aliphatic heterocycles. The van der Waals surface area contributed by atoms with Gasteiger partial charge in [0.1, 0.15) is 0 Å². The summed E-state index contributed by atoms with van der Waals surface area (Å²) in [6, 6.07) is 0. The zero-order valence-corrected chi connectivity index (χ0v) is 6.55. The van der Waals surface area contributed by atoms with Crippen LogP contribution in [0.4, 0.5) is 0 Å². The van der Waals surface area contributed by atoms with E-state index in [2.05, 4.69) is 13.8 Å². The number of methoxy groups -OCH3 is 1. The fourth-order valence-electron chi connectivity index (χ4n) is 0.207. The van der Waals surface area contributed by atoms with Crippen LogP contribution in [0, 0.1) is 0 Å². The summed E-state index contributed by atoms with van der Waals surface area (Å²) in [6.45, 7) is 1.63. The van der Waals surface area contributed by atoms with E-state index in [1.807, 2.05) is 0 Å². The molecule has 0 aromatic carbocycles. The van der Waals surface area contributed by atoms with E-state index in [1.54, 1.807) is 6.92 Å². The highest BCUT2D eigenvalue weighted by Crippen LogP contribution is 2.23. The summed E-state index contributed by atoms with van der Waals surface area (Å²) >= 11 is 0. The fraction of sp³-hybridized carbons (Fsp3) is 1.00.